The third-order valence-corrected chi connectivity index (χ3v) is 14.4. The predicted molar refractivity (Wildman–Crippen MR) is 174 cm³/mol. The van der Waals surface area contributed by atoms with Crippen molar-refractivity contribution in [1.29, 1.82) is 0 Å². The van der Waals surface area contributed by atoms with Crippen LogP contribution >= 0.6 is 0 Å². The van der Waals surface area contributed by atoms with E-state index in [-0.39, 0.29) is 42.4 Å². The minimum absolute atomic E-state index is 0.115. The Bertz CT molecular complexity index is 1710. The maximum Gasteiger partial charge on any atom is 0.449 e. The molecule has 9 heterocycles. The highest BCUT2D eigenvalue weighted by atomic mass is 19.4. The Labute approximate surface area is 319 Å². The van der Waals surface area contributed by atoms with Gasteiger partial charge in [0.25, 0.3) is 5.79 Å². The van der Waals surface area contributed by atoms with Crippen molar-refractivity contribution in [3.63, 3.8) is 0 Å². The predicted octanol–water partition coefficient (Wildman–Crippen LogP) is 7.01. The number of rotatable bonds is 8. The standard InChI is InChI=1S/C37H49F6N3O10/c1-19-6-8-26-21(3)35(37(41,42)43,52-30-33(26)24(19)10-13-32(5,51-30)54-55-33)48-15-14-46-22(16-44-45-46)17-47-18-23-27-9-7-20(2)25-11-12-31(4)50-29(34(25,27)56-53-31)49-28(23)36(38,39)40/h16,19-21,24-27,29-30H,6-15,17-18H2,1-5H3/t19-,20-,21-,24?,25?,26+,27+,29-,30+,31-,32-,33-,34-,35-/m1/s1. The Morgan fingerprint density at radius 3 is 2.09 bits per heavy atom. The largest absolute Gasteiger partial charge is 0.456 e. The molecule has 9 fully saturated rings. The average molecular weight is 810 g/mol. The molecule has 7 saturated heterocycles. The topological polar surface area (TPSA) is 123 Å². The number of hydrogen-bond donors (Lipinski definition) is 0. The molecular weight excluding hydrogens is 760 g/mol. The maximum atomic E-state index is 15.3. The van der Waals surface area contributed by atoms with E-state index in [0.29, 0.717) is 57.1 Å². The Kier molecular flexibility index (Phi) is 9.28. The van der Waals surface area contributed by atoms with Crippen molar-refractivity contribution in [3.8, 4) is 0 Å². The molecule has 1 aromatic heterocycles. The number of halogens is 6. The van der Waals surface area contributed by atoms with Crippen molar-refractivity contribution in [2.75, 3.05) is 13.2 Å². The molecular formula is C37H49F6N3O10. The van der Waals surface area contributed by atoms with Crippen LogP contribution < -0.4 is 0 Å². The Morgan fingerprint density at radius 1 is 0.768 bits per heavy atom. The molecule has 13 nitrogen and oxygen atoms in total. The fourth-order valence-electron chi connectivity index (χ4n) is 11.5. The summed E-state index contributed by atoms with van der Waals surface area (Å²) in [5, 5.41) is 7.91. The van der Waals surface area contributed by atoms with Gasteiger partial charge in [-0.2, -0.15) is 26.3 Å². The Morgan fingerprint density at radius 2 is 1.41 bits per heavy atom. The fourth-order valence-corrected chi connectivity index (χ4v) is 11.5. The summed E-state index contributed by atoms with van der Waals surface area (Å²) in [6, 6.07) is 0. The molecule has 4 bridgehead atoms. The number of nitrogens with zero attached hydrogens (tertiary/aromatic N) is 3. The van der Waals surface area contributed by atoms with Gasteiger partial charge in [-0.3, -0.25) is 0 Å². The van der Waals surface area contributed by atoms with Gasteiger partial charge in [-0.15, -0.1) is 5.10 Å². The van der Waals surface area contributed by atoms with Gasteiger partial charge in [0, 0.05) is 42.1 Å². The number of allylic oxidation sites excluding steroid dienone is 1. The number of ether oxygens (including phenoxy) is 6. The van der Waals surface area contributed by atoms with Crippen LogP contribution in [0.5, 0.6) is 0 Å². The lowest BCUT2D eigenvalue weighted by molar-refractivity contribution is -0.599. The van der Waals surface area contributed by atoms with Crippen molar-refractivity contribution in [3.05, 3.63) is 23.2 Å². The number of hydrogen-bond acceptors (Lipinski definition) is 12. The molecule has 56 heavy (non-hydrogen) atoms. The van der Waals surface area contributed by atoms with Crippen molar-refractivity contribution in [1.82, 2.24) is 15.0 Å². The molecule has 19 heteroatoms. The van der Waals surface area contributed by atoms with Crippen LogP contribution in [0.15, 0.2) is 17.5 Å². The summed E-state index contributed by atoms with van der Waals surface area (Å²) >= 11 is 0. The molecule has 2 unspecified atom stereocenters. The monoisotopic (exact) mass is 809 g/mol. The molecule has 2 saturated carbocycles. The summed E-state index contributed by atoms with van der Waals surface area (Å²) < 4.78 is 127. The van der Waals surface area contributed by atoms with Crippen LogP contribution in [0, 0.1) is 41.4 Å². The van der Waals surface area contributed by atoms with Crippen LogP contribution in [0.25, 0.3) is 0 Å². The van der Waals surface area contributed by atoms with Crippen molar-refractivity contribution < 1.29 is 74.3 Å². The zero-order valence-corrected chi connectivity index (χ0v) is 32.0. The van der Waals surface area contributed by atoms with Gasteiger partial charge < -0.3 is 28.4 Å². The van der Waals surface area contributed by atoms with Crippen LogP contribution in [0.4, 0.5) is 26.3 Å². The first-order valence-electron chi connectivity index (χ1n) is 19.8. The van der Waals surface area contributed by atoms with Gasteiger partial charge in [-0.25, -0.2) is 24.2 Å². The third-order valence-electron chi connectivity index (χ3n) is 14.4. The molecule has 10 aliphatic rings. The molecule has 0 N–H and O–H groups in total. The summed E-state index contributed by atoms with van der Waals surface area (Å²) in [4.78, 5) is 23.5. The smallest absolute Gasteiger partial charge is 0.449 e. The lowest BCUT2D eigenvalue weighted by Crippen LogP contribution is -2.76. The second-order valence-corrected chi connectivity index (χ2v) is 17.6. The summed E-state index contributed by atoms with van der Waals surface area (Å²) in [7, 11) is 0. The van der Waals surface area contributed by atoms with Gasteiger partial charge in [0.15, 0.2) is 17.5 Å². The van der Waals surface area contributed by atoms with Crippen molar-refractivity contribution in [2.45, 2.75) is 153 Å². The van der Waals surface area contributed by atoms with Crippen LogP contribution in [-0.2, 0) is 61.1 Å². The zero-order chi connectivity index (χ0) is 39.7. The second-order valence-electron chi connectivity index (χ2n) is 17.6. The van der Waals surface area contributed by atoms with Crippen LogP contribution in [0.3, 0.4) is 0 Å². The molecule has 0 amide bonds. The third kappa shape index (κ3) is 5.75. The molecule has 2 spiro atoms. The quantitative estimate of drug-likeness (QED) is 0.198. The maximum absolute atomic E-state index is 15.3. The normalized spacial score (nSPS) is 47.2. The zero-order valence-electron chi connectivity index (χ0n) is 32.0. The SMILES string of the molecule is C[C@@H]1CC[C@H]2C(COCc3cnnn3CCO[C@@]3(C(F)(F)F)O[C@@H]4O[C@@]5(C)CCC6[C@H](C)CC[C@@H]([C@H]3C)[C@]64OO5)=C(C(F)(F)F)O[C@@H]3O[C@@]4(C)CCC1[C@]32OO4. The molecule has 1 aromatic rings. The molecule has 11 rings (SSSR count). The van der Waals surface area contributed by atoms with E-state index in [1.165, 1.54) is 17.8 Å². The summed E-state index contributed by atoms with van der Waals surface area (Å²) in [5.41, 5.74) is -2.34. The highest BCUT2D eigenvalue weighted by Gasteiger charge is 2.77. The first kappa shape index (κ1) is 39.4. The molecule has 8 aliphatic heterocycles. The van der Waals surface area contributed by atoms with E-state index in [2.05, 4.69) is 17.2 Å². The van der Waals surface area contributed by atoms with E-state index in [4.69, 9.17) is 48.0 Å². The Hall–Kier alpha value is -2.10. The second kappa shape index (κ2) is 13.2. The van der Waals surface area contributed by atoms with E-state index in [1.54, 1.807) is 13.8 Å². The van der Waals surface area contributed by atoms with E-state index >= 15 is 13.2 Å². The van der Waals surface area contributed by atoms with E-state index in [0.717, 1.165) is 0 Å². The van der Waals surface area contributed by atoms with Gasteiger partial charge in [0.05, 0.1) is 38.3 Å². The lowest BCUT2D eigenvalue weighted by Gasteiger charge is -2.62. The summed E-state index contributed by atoms with van der Waals surface area (Å²) in [5.74, 6) is -9.46. The Balaban J connectivity index is 0.917. The van der Waals surface area contributed by atoms with Gasteiger partial charge in [-0.05, 0) is 70.1 Å². The summed E-state index contributed by atoms with van der Waals surface area (Å²) in [6.45, 7) is 7.41. The fraction of sp³-hybridized carbons (Fsp3) is 0.892. The van der Waals surface area contributed by atoms with Gasteiger partial charge in [0.1, 0.15) is 0 Å². The van der Waals surface area contributed by atoms with Crippen LogP contribution in [0.1, 0.15) is 91.7 Å². The van der Waals surface area contributed by atoms with Crippen LogP contribution in [-0.4, -0.2) is 81.7 Å². The molecule has 314 valence electrons. The number of alkyl halides is 6. The minimum Gasteiger partial charge on any atom is -0.456 e. The van der Waals surface area contributed by atoms with E-state index in [1.807, 2.05) is 6.92 Å². The first-order valence-corrected chi connectivity index (χ1v) is 19.8. The first-order chi connectivity index (χ1) is 26.4. The van der Waals surface area contributed by atoms with Gasteiger partial charge in [0.2, 0.25) is 23.6 Å². The summed E-state index contributed by atoms with van der Waals surface area (Å²) in [6.07, 6.45) is -6.92. The number of fused-ring (bicyclic) bond motifs is 4. The number of aromatic nitrogens is 3. The van der Waals surface area contributed by atoms with Gasteiger partial charge >= 0.3 is 12.4 Å². The molecule has 0 radical (unpaired) electrons. The van der Waals surface area contributed by atoms with E-state index < -0.39 is 90.2 Å². The minimum atomic E-state index is -4.97. The molecule has 14 atom stereocenters. The highest BCUT2D eigenvalue weighted by Crippen LogP contribution is 2.65. The average Bonchev–Trinajstić information content (AvgIpc) is 3.26. The molecule has 2 aliphatic carbocycles. The van der Waals surface area contributed by atoms with Crippen LogP contribution in [0.2, 0.25) is 0 Å². The van der Waals surface area contributed by atoms with Crippen molar-refractivity contribution >= 4 is 0 Å². The van der Waals surface area contributed by atoms with Crippen molar-refractivity contribution in [2.24, 2.45) is 41.4 Å². The van der Waals surface area contributed by atoms with Gasteiger partial charge in [-0.1, -0.05) is 26.0 Å². The van der Waals surface area contributed by atoms with E-state index in [9.17, 15) is 13.2 Å². The highest BCUT2D eigenvalue weighted by molar-refractivity contribution is 5.28. The molecule has 0 aromatic carbocycles. The lowest BCUT2D eigenvalue weighted by atomic mass is 9.57.